The summed E-state index contributed by atoms with van der Waals surface area (Å²) in [6, 6.07) is 3.00. The fraction of sp³-hybridized carbons (Fsp3) is 0.500. The molecule has 0 saturated heterocycles. The van der Waals surface area contributed by atoms with Gasteiger partial charge in [0.05, 0.1) is 6.61 Å². The maximum atomic E-state index is 11.4. The largest absolute Gasteiger partial charge is 0.462 e. The van der Waals surface area contributed by atoms with Crippen LogP contribution in [0.25, 0.3) is 0 Å². The van der Waals surface area contributed by atoms with Crippen molar-refractivity contribution in [2.24, 2.45) is 5.73 Å². The van der Waals surface area contributed by atoms with Crippen molar-refractivity contribution in [1.82, 2.24) is 0 Å². The molecule has 0 aromatic carbocycles. The highest BCUT2D eigenvalue weighted by Crippen LogP contribution is 2.17. The van der Waals surface area contributed by atoms with Gasteiger partial charge in [-0.15, -0.1) is 11.3 Å². The number of carbonyl (C=O) groups is 1. The van der Waals surface area contributed by atoms with Crippen LogP contribution >= 0.6 is 11.3 Å². The number of nitrogens with two attached hydrogens (primary N) is 1. The van der Waals surface area contributed by atoms with Crippen molar-refractivity contribution in [3.63, 3.8) is 0 Å². The maximum absolute atomic E-state index is 11.4. The van der Waals surface area contributed by atoms with Crippen LogP contribution in [0.2, 0.25) is 0 Å². The molecular weight excluding hydrogens is 214 g/mol. The smallest absolute Gasteiger partial charge is 0.328 e. The van der Waals surface area contributed by atoms with Gasteiger partial charge >= 0.3 is 5.97 Å². The molecule has 15 heavy (non-hydrogen) atoms. The Labute approximate surface area is 93.0 Å². The number of ether oxygens (including phenoxy) is 2. The number of esters is 1. The molecule has 0 spiro atoms. The van der Waals surface area contributed by atoms with Gasteiger partial charge in [-0.1, -0.05) is 6.07 Å². The summed E-state index contributed by atoms with van der Waals surface area (Å²) in [5, 5.41) is 1.88. The molecule has 1 unspecified atom stereocenters. The summed E-state index contributed by atoms with van der Waals surface area (Å²) < 4.78 is 9.99. The Morgan fingerprint density at radius 3 is 3.00 bits per heavy atom. The standard InChI is InChI=1S/C10H15NO3S/c1-2-13-5-6-14-10(12)9(11)8-4-3-7-15-8/h3-4,7,9H,2,5-6,11H2,1H3. The number of hydrogen-bond acceptors (Lipinski definition) is 5. The first-order valence-electron chi connectivity index (χ1n) is 4.79. The Morgan fingerprint density at radius 1 is 1.60 bits per heavy atom. The van der Waals surface area contributed by atoms with Crippen molar-refractivity contribution in [3.05, 3.63) is 22.4 Å². The fourth-order valence-corrected chi connectivity index (χ4v) is 1.73. The van der Waals surface area contributed by atoms with Crippen molar-refractivity contribution in [2.45, 2.75) is 13.0 Å². The predicted molar refractivity (Wildman–Crippen MR) is 58.7 cm³/mol. The molecule has 1 aromatic heterocycles. The highest BCUT2D eigenvalue weighted by atomic mass is 32.1. The molecule has 1 atom stereocenters. The van der Waals surface area contributed by atoms with E-state index in [1.807, 2.05) is 24.4 Å². The van der Waals surface area contributed by atoms with Gasteiger partial charge in [0.2, 0.25) is 0 Å². The lowest BCUT2D eigenvalue weighted by molar-refractivity contribution is -0.146. The quantitative estimate of drug-likeness (QED) is 0.590. The van der Waals surface area contributed by atoms with E-state index in [2.05, 4.69) is 0 Å². The van der Waals surface area contributed by atoms with E-state index in [1.54, 1.807) is 0 Å². The van der Waals surface area contributed by atoms with Gasteiger partial charge < -0.3 is 15.2 Å². The van der Waals surface area contributed by atoms with Crippen molar-refractivity contribution in [3.8, 4) is 0 Å². The Hall–Kier alpha value is -0.910. The lowest BCUT2D eigenvalue weighted by atomic mass is 10.2. The van der Waals surface area contributed by atoms with Crippen molar-refractivity contribution < 1.29 is 14.3 Å². The molecule has 0 saturated carbocycles. The van der Waals surface area contributed by atoms with Gasteiger partial charge in [0.25, 0.3) is 0 Å². The molecule has 0 fully saturated rings. The molecule has 4 nitrogen and oxygen atoms in total. The number of hydrogen-bond donors (Lipinski definition) is 1. The molecule has 2 N–H and O–H groups in total. The maximum Gasteiger partial charge on any atom is 0.328 e. The second-order valence-corrected chi connectivity index (χ2v) is 3.84. The summed E-state index contributed by atoms with van der Waals surface area (Å²) in [7, 11) is 0. The Kier molecular flexibility index (Phi) is 5.31. The Morgan fingerprint density at radius 2 is 2.40 bits per heavy atom. The summed E-state index contributed by atoms with van der Waals surface area (Å²) in [5.41, 5.74) is 5.69. The second kappa shape index (κ2) is 6.55. The van der Waals surface area contributed by atoms with Crippen LogP contribution in [0, 0.1) is 0 Å². The zero-order valence-electron chi connectivity index (χ0n) is 8.64. The molecule has 0 radical (unpaired) electrons. The Balaban J connectivity index is 2.28. The lowest BCUT2D eigenvalue weighted by Crippen LogP contribution is -2.24. The SMILES string of the molecule is CCOCCOC(=O)C(N)c1cccs1. The first-order valence-corrected chi connectivity index (χ1v) is 5.67. The van der Waals surface area contributed by atoms with Crippen LogP contribution in [0.3, 0.4) is 0 Å². The second-order valence-electron chi connectivity index (χ2n) is 2.86. The molecule has 1 aromatic rings. The average molecular weight is 229 g/mol. The molecule has 1 rings (SSSR count). The molecule has 0 aliphatic rings. The van der Waals surface area contributed by atoms with Gasteiger partial charge in [0.1, 0.15) is 12.6 Å². The molecule has 0 aliphatic heterocycles. The Bertz CT molecular complexity index is 287. The summed E-state index contributed by atoms with van der Waals surface area (Å²) in [4.78, 5) is 12.2. The molecule has 84 valence electrons. The van der Waals surface area contributed by atoms with Crippen molar-refractivity contribution >= 4 is 17.3 Å². The van der Waals surface area contributed by atoms with Crippen LogP contribution in [-0.4, -0.2) is 25.8 Å². The van der Waals surface area contributed by atoms with Gasteiger partial charge in [-0.2, -0.15) is 0 Å². The number of rotatable bonds is 6. The summed E-state index contributed by atoms with van der Waals surface area (Å²) in [6.45, 7) is 3.18. The monoisotopic (exact) mass is 229 g/mol. The average Bonchev–Trinajstić information content (AvgIpc) is 2.76. The van der Waals surface area contributed by atoms with Crippen LogP contribution in [-0.2, 0) is 14.3 Å². The minimum atomic E-state index is -0.674. The first kappa shape index (κ1) is 12.2. The van der Waals surface area contributed by atoms with Crippen molar-refractivity contribution in [2.75, 3.05) is 19.8 Å². The molecule has 0 bridgehead atoms. The van der Waals surface area contributed by atoms with Gasteiger partial charge in [0.15, 0.2) is 0 Å². The summed E-state index contributed by atoms with van der Waals surface area (Å²) in [6.07, 6.45) is 0. The summed E-state index contributed by atoms with van der Waals surface area (Å²) >= 11 is 1.45. The van der Waals surface area contributed by atoms with Crippen LogP contribution in [0.4, 0.5) is 0 Å². The van der Waals surface area contributed by atoms with E-state index in [0.29, 0.717) is 13.2 Å². The highest BCUT2D eigenvalue weighted by molar-refractivity contribution is 7.10. The van der Waals surface area contributed by atoms with E-state index >= 15 is 0 Å². The minimum absolute atomic E-state index is 0.256. The van der Waals surface area contributed by atoms with E-state index in [9.17, 15) is 4.79 Å². The van der Waals surface area contributed by atoms with E-state index in [-0.39, 0.29) is 6.61 Å². The molecule has 5 heteroatoms. The molecule has 0 amide bonds. The van der Waals surface area contributed by atoms with Crippen LogP contribution in [0.5, 0.6) is 0 Å². The van der Waals surface area contributed by atoms with Crippen molar-refractivity contribution in [1.29, 1.82) is 0 Å². The summed E-state index contributed by atoms with van der Waals surface area (Å²) in [5.74, 6) is -0.405. The van der Waals surface area contributed by atoms with Crippen LogP contribution < -0.4 is 5.73 Å². The lowest BCUT2D eigenvalue weighted by Gasteiger charge is -2.09. The zero-order chi connectivity index (χ0) is 11.1. The van der Waals surface area contributed by atoms with Gasteiger partial charge in [-0.05, 0) is 18.4 Å². The van der Waals surface area contributed by atoms with E-state index in [1.165, 1.54) is 11.3 Å². The topological polar surface area (TPSA) is 61.5 Å². The third kappa shape index (κ3) is 3.99. The van der Waals surface area contributed by atoms with Gasteiger partial charge in [-0.25, -0.2) is 4.79 Å². The minimum Gasteiger partial charge on any atom is -0.462 e. The molecular formula is C10H15NO3S. The van der Waals surface area contributed by atoms with Gasteiger partial charge in [-0.3, -0.25) is 0 Å². The predicted octanol–water partition coefficient (Wildman–Crippen LogP) is 1.33. The van der Waals surface area contributed by atoms with E-state index in [4.69, 9.17) is 15.2 Å². The van der Waals surface area contributed by atoms with Crippen LogP contribution in [0.1, 0.15) is 17.8 Å². The fourth-order valence-electron chi connectivity index (χ4n) is 1.02. The number of carbonyl (C=O) groups excluding carboxylic acids is 1. The highest BCUT2D eigenvalue weighted by Gasteiger charge is 2.17. The third-order valence-corrected chi connectivity index (χ3v) is 2.74. The van der Waals surface area contributed by atoms with Crippen LogP contribution in [0.15, 0.2) is 17.5 Å². The van der Waals surface area contributed by atoms with Gasteiger partial charge in [0, 0.05) is 11.5 Å². The normalized spacial score (nSPS) is 12.4. The zero-order valence-corrected chi connectivity index (χ0v) is 9.46. The van der Waals surface area contributed by atoms with E-state index in [0.717, 1.165) is 4.88 Å². The number of thiophene rings is 1. The molecule has 0 aliphatic carbocycles. The first-order chi connectivity index (χ1) is 7.25. The molecule has 1 heterocycles. The third-order valence-electron chi connectivity index (χ3n) is 1.78. The van der Waals surface area contributed by atoms with E-state index < -0.39 is 12.0 Å².